The van der Waals surface area contributed by atoms with E-state index in [1.165, 1.54) is 0 Å². The molecule has 0 amide bonds. The fourth-order valence-corrected chi connectivity index (χ4v) is 1.58. The summed E-state index contributed by atoms with van der Waals surface area (Å²) in [5.74, 6) is 0.118. The lowest BCUT2D eigenvalue weighted by Gasteiger charge is -2.07. The number of nitrogens with two attached hydrogens (primary N) is 1. The van der Waals surface area contributed by atoms with Gasteiger partial charge in [-0.25, -0.2) is 0 Å². The Bertz CT molecular complexity index is 377. The van der Waals surface area contributed by atoms with E-state index in [1.807, 2.05) is 0 Å². The van der Waals surface area contributed by atoms with E-state index >= 15 is 0 Å². The first-order chi connectivity index (χ1) is 7.50. The van der Waals surface area contributed by atoms with Crippen molar-refractivity contribution >= 4 is 27.4 Å². The Balaban J connectivity index is 2.56. The van der Waals surface area contributed by atoms with Crippen LogP contribution in [-0.4, -0.2) is 18.4 Å². The van der Waals surface area contributed by atoms with Gasteiger partial charge in [0.25, 0.3) is 0 Å². The quantitative estimate of drug-likeness (QED) is 0.646. The summed E-state index contributed by atoms with van der Waals surface area (Å²) in [5, 5.41) is 3.21. The minimum absolute atomic E-state index is 0.118. The third-order valence-electron chi connectivity index (χ3n) is 2.22. The minimum Gasteiger partial charge on any atom is -0.398 e. The molecule has 0 aliphatic carbocycles. The molecule has 0 unspecified atom stereocenters. The van der Waals surface area contributed by atoms with Crippen molar-refractivity contribution in [1.82, 2.24) is 5.32 Å². The van der Waals surface area contributed by atoms with Gasteiger partial charge in [-0.2, -0.15) is 0 Å². The molecule has 0 heterocycles. The summed E-state index contributed by atoms with van der Waals surface area (Å²) in [7, 11) is 0. The van der Waals surface area contributed by atoms with Crippen LogP contribution in [0, 0.1) is 0 Å². The van der Waals surface area contributed by atoms with Crippen molar-refractivity contribution in [2.24, 2.45) is 0 Å². The van der Waals surface area contributed by atoms with E-state index in [9.17, 15) is 4.79 Å². The standard InChI is InChI=1S/C12H17BrN2O/c1-8(2)15-6-5-12(16)9-3-4-10(13)11(14)7-9/h3-4,7-8,15H,5-6,14H2,1-2H3. The van der Waals surface area contributed by atoms with Crippen LogP contribution >= 0.6 is 15.9 Å². The molecule has 3 nitrogen and oxygen atoms in total. The van der Waals surface area contributed by atoms with Gasteiger partial charge in [0.05, 0.1) is 0 Å². The highest BCUT2D eigenvalue weighted by Gasteiger charge is 2.07. The van der Waals surface area contributed by atoms with Gasteiger partial charge in [0.1, 0.15) is 0 Å². The summed E-state index contributed by atoms with van der Waals surface area (Å²) in [6.45, 7) is 4.82. The molecular formula is C12H17BrN2O. The zero-order valence-electron chi connectivity index (χ0n) is 9.59. The molecule has 0 aliphatic heterocycles. The first-order valence-electron chi connectivity index (χ1n) is 5.32. The zero-order valence-corrected chi connectivity index (χ0v) is 11.2. The Hall–Kier alpha value is -0.870. The Kier molecular flexibility index (Phi) is 4.96. The molecule has 88 valence electrons. The van der Waals surface area contributed by atoms with E-state index in [0.29, 0.717) is 30.3 Å². The molecule has 0 saturated carbocycles. The Morgan fingerprint density at radius 2 is 2.19 bits per heavy atom. The van der Waals surface area contributed by atoms with Gasteiger partial charge in [0.15, 0.2) is 5.78 Å². The first kappa shape index (κ1) is 13.2. The van der Waals surface area contributed by atoms with Crippen molar-refractivity contribution in [1.29, 1.82) is 0 Å². The Morgan fingerprint density at radius 1 is 1.50 bits per heavy atom. The summed E-state index contributed by atoms with van der Waals surface area (Å²) in [4.78, 5) is 11.8. The Labute approximate surface area is 105 Å². The van der Waals surface area contributed by atoms with Crippen molar-refractivity contribution in [2.45, 2.75) is 26.3 Å². The van der Waals surface area contributed by atoms with Crippen LogP contribution in [0.5, 0.6) is 0 Å². The molecule has 1 rings (SSSR count). The average molecular weight is 285 g/mol. The lowest BCUT2D eigenvalue weighted by molar-refractivity contribution is 0.0982. The van der Waals surface area contributed by atoms with Crippen LogP contribution in [0.2, 0.25) is 0 Å². The number of hydrogen-bond donors (Lipinski definition) is 2. The largest absolute Gasteiger partial charge is 0.398 e. The van der Waals surface area contributed by atoms with Crippen LogP contribution in [0.3, 0.4) is 0 Å². The average Bonchev–Trinajstić information content (AvgIpc) is 2.21. The molecule has 0 aromatic heterocycles. The number of benzene rings is 1. The van der Waals surface area contributed by atoms with Gasteiger partial charge in [-0.15, -0.1) is 0 Å². The SMILES string of the molecule is CC(C)NCCC(=O)c1ccc(Br)c(N)c1. The predicted molar refractivity (Wildman–Crippen MR) is 70.6 cm³/mol. The first-order valence-corrected chi connectivity index (χ1v) is 6.11. The summed E-state index contributed by atoms with van der Waals surface area (Å²) in [5.41, 5.74) is 6.99. The molecule has 1 aromatic carbocycles. The molecule has 1 aromatic rings. The third kappa shape index (κ3) is 3.94. The highest BCUT2D eigenvalue weighted by molar-refractivity contribution is 9.10. The second-order valence-electron chi connectivity index (χ2n) is 4.02. The number of anilines is 1. The van der Waals surface area contributed by atoms with Crippen molar-refractivity contribution in [3.05, 3.63) is 28.2 Å². The van der Waals surface area contributed by atoms with Crippen LogP contribution in [0.25, 0.3) is 0 Å². The fourth-order valence-electron chi connectivity index (χ4n) is 1.34. The number of carbonyl (C=O) groups excluding carboxylic acids is 1. The summed E-state index contributed by atoms with van der Waals surface area (Å²) in [6, 6.07) is 5.71. The van der Waals surface area contributed by atoms with Crippen LogP contribution in [0.1, 0.15) is 30.6 Å². The maximum absolute atomic E-state index is 11.8. The molecule has 0 radical (unpaired) electrons. The van der Waals surface area contributed by atoms with E-state index in [4.69, 9.17) is 5.73 Å². The number of rotatable bonds is 5. The molecule has 0 atom stereocenters. The highest BCUT2D eigenvalue weighted by atomic mass is 79.9. The van der Waals surface area contributed by atoms with Crippen molar-refractivity contribution in [3.63, 3.8) is 0 Å². The van der Waals surface area contributed by atoms with E-state index in [1.54, 1.807) is 18.2 Å². The van der Waals surface area contributed by atoms with E-state index < -0.39 is 0 Å². The van der Waals surface area contributed by atoms with Gasteiger partial charge >= 0.3 is 0 Å². The van der Waals surface area contributed by atoms with Crippen molar-refractivity contribution < 1.29 is 4.79 Å². The smallest absolute Gasteiger partial charge is 0.164 e. The molecule has 0 aliphatic rings. The number of carbonyl (C=O) groups is 1. The number of ketones is 1. The van der Waals surface area contributed by atoms with E-state index in [0.717, 1.165) is 4.47 Å². The van der Waals surface area contributed by atoms with E-state index in [2.05, 4.69) is 35.1 Å². The lowest BCUT2D eigenvalue weighted by Crippen LogP contribution is -2.25. The van der Waals surface area contributed by atoms with Gasteiger partial charge in [0.2, 0.25) is 0 Å². The van der Waals surface area contributed by atoms with Crippen LogP contribution in [-0.2, 0) is 0 Å². The van der Waals surface area contributed by atoms with Crippen LogP contribution < -0.4 is 11.1 Å². The normalized spacial score (nSPS) is 10.8. The maximum Gasteiger partial charge on any atom is 0.164 e. The molecule has 0 bridgehead atoms. The number of nitrogens with one attached hydrogen (secondary N) is 1. The van der Waals surface area contributed by atoms with Gasteiger partial charge in [-0.3, -0.25) is 4.79 Å². The molecular weight excluding hydrogens is 268 g/mol. The highest BCUT2D eigenvalue weighted by Crippen LogP contribution is 2.20. The van der Waals surface area contributed by atoms with Gasteiger partial charge < -0.3 is 11.1 Å². The number of hydrogen-bond acceptors (Lipinski definition) is 3. The van der Waals surface area contributed by atoms with Gasteiger partial charge in [-0.05, 0) is 28.1 Å². The van der Waals surface area contributed by atoms with Crippen LogP contribution in [0.4, 0.5) is 5.69 Å². The second kappa shape index (κ2) is 6.01. The second-order valence-corrected chi connectivity index (χ2v) is 4.87. The molecule has 0 spiro atoms. The molecule has 0 saturated heterocycles. The summed E-state index contributed by atoms with van der Waals surface area (Å²) >= 11 is 3.30. The zero-order chi connectivity index (χ0) is 12.1. The Morgan fingerprint density at radius 3 is 2.75 bits per heavy atom. The minimum atomic E-state index is 0.118. The number of Topliss-reactive ketones (excluding diaryl/α,β-unsaturated/α-hetero) is 1. The molecule has 0 fully saturated rings. The summed E-state index contributed by atoms with van der Waals surface area (Å²) in [6.07, 6.45) is 0.499. The molecule has 4 heteroatoms. The summed E-state index contributed by atoms with van der Waals surface area (Å²) < 4.78 is 0.823. The number of nitrogen functional groups attached to an aromatic ring is 1. The lowest BCUT2D eigenvalue weighted by atomic mass is 10.1. The monoisotopic (exact) mass is 284 g/mol. The van der Waals surface area contributed by atoms with Crippen LogP contribution in [0.15, 0.2) is 22.7 Å². The topological polar surface area (TPSA) is 55.1 Å². The van der Waals surface area contributed by atoms with E-state index in [-0.39, 0.29) is 5.78 Å². The fraction of sp³-hybridized carbons (Fsp3) is 0.417. The maximum atomic E-state index is 11.8. The van der Waals surface area contributed by atoms with Gasteiger partial charge in [-0.1, -0.05) is 19.9 Å². The van der Waals surface area contributed by atoms with Crippen molar-refractivity contribution in [3.8, 4) is 0 Å². The third-order valence-corrected chi connectivity index (χ3v) is 2.94. The molecule has 16 heavy (non-hydrogen) atoms. The van der Waals surface area contributed by atoms with Crippen molar-refractivity contribution in [2.75, 3.05) is 12.3 Å². The number of halogens is 1. The van der Waals surface area contributed by atoms with Gasteiger partial charge in [0, 0.05) is 34.7 Å². The molecule has 3 N–H and O–H groups in total. The predicted octanol–water partition coefficient (Wildman–Crippen LogP) is 2.60.